The van der Waals surface area contributed by atoms with Crippen LogP contribution in [0.1, 0.15) is 49.1 Å². The first-order valence-electron chi connectivity index (χ1n) is 7.84. The zero-order chi connectivity index (χ0) is 15.5. The molecule has 5 heteroatoms. The lowest BCUT2D eigenvalue weighted by Gasteiger charge is -2.26. The summed E-state index contributed by atoms with van der Waals surface area (Å²) in [6, 6.07) is 0. The number of hydrogen-bond donors (Lipinski definition) is 2. The third-order valence-corrected chi connectivity index (χ3v) is 4.92. The van der Waals surface area contributed by atoms with Gasteiger partial charge >= 0.3 is 0 Å². The molecule has 0 unspecified atom stereocenters. The Kier molecular flexibility index (Phi) is 5.04. The van der Waals surface area contributed by atoms with E-state index in [1.807, 2.05) is 25.6 Å². The summed E-state index contributed by atoms with van der Waals surface area (Å²) in [6.07, 6.45) is 5.56. The van der Waals surface area contributed by atoms with Gasteiger partial charge in [0.2, 0.25) is 5.91 Å². The monoisotopic (exact) mass is 293 g/mol. The highest BCUT2D eigenvalue weighted by Gasteiger charge is 2.33. The molecule has 0 saturated heterocycles. The van der Waals surface area contributed by atoms with Gasteiger partial charge in [-0.25, -0.2) is 0 Å². The van der Waals surface area contributed by atoms with E-state index in [0.717, 1.165) is 43.5 Å². The number of hydrogen-bond acceptors (Lipinski definition) is 3. The summed E-state index contributed by atoms with van der Waals surface area (Å²) in [4.78, 5) is 12.0. The van der Waals surface area contributed by atoms with Crippen molar-refractivity contribution in [2.75, 3.05) is 13.2 Å². The van der Waals surface area contributed by atoms with E-state index >= 15 is 0 Å². The summed E-state index contributed by atoms with van der Waals surface area (Å²) in [5.41, 5.74) is 3.23. The summed E-state index contributed by atoms with van der Waals surface area (Å²) in [5, 5.41) is 16.9. The first kappa shape index (κ1) is 16.0. The standard InChI is InChI=1S/C16H27N3O2/c1-12-14(13(2)19(3)18-12)6-7-15(21)17-10-16(11-20)8-4-5-9-16/h20H,4-11H2,1-3H3,(H,17,21). The van der Waals surface area contributed by atoms with Gasteiger partial charge in [-0.2, -0.15) is 5.10 Å². The van der Waals surface area contributed by atoms with Gasteiger partial charge in [0, 0.05) is 31.1 Å². The molecule has 118 valence electrons. The topological polar surface area (TPSA) is 67.2 Å². The Balaban J connectivity index is 1.82. The van der Waals surface area contributed by atoms with E-state index in [-0.39, 0.29) is 17.9 Å². The lowest BCUT2D eigenvalue weighted by atomic mass is 9.87. The number of aryl methyl sites for hydroxylation is 2. The third-order valence-electron chi connectivity index (χ3n) is 4.92. The van der Waals surface area contributed by atoms with Crippen molar-refractivity contribution < 1.29 is 9.90 Å². The number of carbonyl (C=O) groups excluding carboxylic acids is 1. The summed E-state index contributed by atoms with van der Waals surface area (Å²) in [5.74, 6) is 0.0670. The van der Waals surface area contributed by atoms with Crippen LogP contribution in [0.25, 0.3) is 0 Å². The molecule has 1 saturated carbocycles. The molecule has 2 rings (SSSR count). The molecule has 1 heterocycles. The summed E-state index contributed by atoms with van der Waals surface area (Å²) < 4.78 is 1.86. The molecule has 5 nitrogen and oxygen atoms in total. The van der Waals surface area contributed by atoms with Crippen LogP contribution in [0.2, 0.25) is 0 Å². The van der Waals surface area contributed by atoms with Crippen molar-refractivity contribution in [2.24, 2.45) is 12.5 Å². The number of aliphatic hydroxyl groups is 1. The predicted molar refractivity (Wildman–Crippen MR) is 82.0 cm³/mol. The van der Waals surface area contributed by atoms with E-state index in [0.29, 0.717) is 13.0 Å². The van der Waals surface area contributed by atoms with E-state index in [2.05, 4.69) is 10.4 Å². The lowest BCUT2D eigenvalue weighted by Crippen LogP contribution is -2.38. The highest BCUT2D eigenvalue weighted by Crippen LogP contribution is 2.36. The molecular weight excluding hydrogens is 266 g/mol. The number of amides is 1. The number of rotatable bonds is 6. The van der Waals surface area contributed by atoms with Crippen molar-refractivity contribution in [3.05, 3.63) is 17.0 Å². The molecule has 0 radical (unpaired) electrons. The van der Waals surface area contributed by atoms with E-state index < -0.39 is 0 Å². The molecule has 1 amide bonds. The van der Waals surface area contributed by atoms with Crippen LogP contribution >= 0.6 is 0 Å². The van der Waals surface area contributed by atoms with Gasteiger partial charge in [-0.3, -0.25) is 9.48 Å². The van der Waals surface area contributed by atoms with Crippen molar-refractivity contribution in [2.45, 2.75) is 52.4 Å². The average molecular weight is 293 g/mol. The van der Waals surface area contributed by atoms with Crippen molar-refractivity contribution in [3.8, 4) is 0 Å². The Bertz CT molecular complexity index is 502. The van der Waals surface area contributed by atoms with Gasteiger partial charge in [-0.15, -0.1) is 0 Å². The van der Waals surface area contributed by atoms with Crippen molar-refractivity contribution in [3.63, 3.8) is 0 Å². The Hall–Kier alpha value is -1.36. The van der Waals surface area contributed by atoms with Crippen LogP contribution in [0, 0.1) is 19.3 Å². The average Bonchev–Trinajstić information content (AvgIpc) is 3.02. The highest BCUT2D eigenvalue weighted by molar-refractivity contribution is 5.76. The van der Waals surface area contributed by atoms with Crippen molar-refractivity contribution in [1.29, 1.82) is 0 Å². The van der Waals surface area contributed by atoms with Gasteiger partial charge < -0.3 is 10.4 Å². The molecule has 2 N–H and O–H groups in total. The van der Waals surface area contributed by atoms with Gasteiger partial charge in [0.15, 0.2) is 0 Å². The largest absolute Gasteiger partial charge is 0.396 e. The number of nitrogens with zero attached hydrogens (tertiary/aromatic N) is 2. The molecule has 0 aliphatic heterocycles. The van der Waals surface area contributed by atoms with Crippen LogP contribution in [-0.2, 0) is 18.3 Å². The lowest BCUT2D eigenvalue weighted by molar-refractivity contribution is -0.121. The van der Waals surface area contributed by atoms with E-state index in [4.69, 9.17) is 0 Å². The van der Waals surface area contributed by atoms with Crippen LogP contribution in [0.15, 0.2) is 0 Å². The number of nitrogens with one attached hydrogen (secondary N) is 1. The van der Waals surface area contributed by atoms with Crippen LogP contribution in [-0.4, -0.2) is 33.9 Å². The van der Waals surface area contributed by atoms with Crippen molar-refractivity contribution in [1.82, 2.24) is 15.1 Å². The quantitative estimate of drug-likeness (QED) is 0.838. The summed E-state index contributed by atoms with van der Waals surface area (Å²) in [6.45, 7) is 4.80. The fraction of sp³-hybridized carbons (Fsp3) is 0.750. The first-order chi connectivity index (χ1) is 9.97. The summed E-state index contributed by atoms with van der Waals surface area (Å²) >= 11 is 0. The second-order valence-corrected chi connectivity index (χ2v) is 6.41. The Morgan fingerprint density at radius 2 is 2.05 bits per heavy atom. The minimum Gasteiger partial charge on any atom is -0.396 e. The minimum atomic E-state index is -0.0736. The summed E-state index contributed by atoms with van der Waals surface area (Å²) in [7, 11) is 1.93. The van der Waals surface area contributed by atoms with Crippen LogP contribution in [0.3, 0.4) is 0 Å². The normalized spacial score (nSPS) is 17.1. The van der Waals surface area contributed by atoms with Gasteiger partial charge in [0.25, 0.3) is 0 Å². The number of aromatic nitrogens is 2. The fourth-order valence-electron chi connectivity index (χ4n) is 3.31. The molecule has 1 aromatic heterocycles. The maximum Gasteiger partial charge on any atom is 0.220 e. The van der Waals surface area contributed by atoms with Gasteiger partial charge in [-0.1, -0.05) is 12.8 Å². The van der Waals surface area contributed by atoms with E-state index in [1.54, 1.807) is 0 Å². The highest BCUT2D eigenvalue weighted by atomic mass is 16.3. The van der Waals surface area contributed by atoms with Crippen LogP contribution < -0.4 is 5.32 Å². The van der Waals surface area contributed by atoms with Crippen LogP contribution in [0.4, 0.5) is 0 Å². The van der Waals surface area contributed by atoms with Crippen molar-refractivity contribution >= 4 is 5.91 Å². The first-order valence-corrected chi connectivity index (χ1v) is 7.84. The maximum absolute atomic E-state index is 12.0. The van der Waals surface area contributed by atoms with Crippen LogP contribution in [0.5, 0.6) is 0 Å². The zero-order valence-electron chi connectivity index (χ0n) is 13.4. The second-order valence-electron chi connectivity index (χ2n) is 6.41. The molecule has 21 heavy (non-hydrogen) atoms. The predicted octanol–water partition coefficient (Wildman–Crippen LogP) is 1.64. The Labute approximate surface area is 126 Å². The maximum atomic E-state index is 12.0. The molecular formula is C16H27N3O2. The molecule has 0 atom stereocenters. The molecule has 0 bridgehead atoms. The zero-order valence-corrected chi connectivity index (χ0v) is 13.4. The van der Waals surface area contributed by atoms with Gasteiger partial charge in [0.1, 0.15) is 0 Å². The SMILES string of the molecule is Cc1nn(C)c(C)c1CCC(=O)NCC1(CO)CCCC1. The Morgan fingerprint density at radius 3 is 2.57 bits per heavy atom. The molecule has 1 fully saturated rings. The van der Waals surface area contributed by atoms with Gasteiger partial charge in [-0.05, 0) is 38.7 Å². The van der Waals surface area contributed by atoms with E-state index in [1.165, 1.54) is 5.56 Å². The van der Waals surface area contributed by atoms with E-state index in [9.17, 15) is 9.90 Å². The molecule has 1 aliphatic rings. The smallest absolute Gasteiger partial charge is 0.220 e. The molecule has 1 aromatic rings. The Morgan fingerprint density at radius 1 is 1.38 bits per heavy atom. The second kappa shape index (κ2) is 6.60. The molecule has 0 spiro atoms. The molecule has 0 aromatic carbocycles. The number of aliphatic hydroxyl groups excluding tert-OH is 1. The third kappa shape index (κ3) is 3.64. The number of carbonyl (C=O) groups is 1. The fourth-order valence-corrected chi connectivity index (χ4v) is 3.31. The minimum absolute atomic E-state index is 0.0670. The molecule has 1 aliphatic carbocycles. The van der Waals surface area contributed by atoms with Gasteiger partial charge in [0.05, 0.1) is 12.3 Å².